The third kappa shape index (κ3) is 54.5. The van der Waals surface area contributed by atoms with Crippen molar-refractivity contribution in [3.63, 3.8) is 0 Å². The van der Waals surface area contributed by atoms with E-state index in [1.165, 1.54) is 64.2 Å². The minimum absolute atomic E-state index is 0.125. The number of carbonyl (C=O) groups is 3. The predicted octanol–water partition coefficient (Wildman–Crippen LogP) is 19.0. The van der Waals surface area contributed by atoms with Crippen LogP contribution in [0.1, 0.15) is 233 Å². The van der Waals surface area contributed by atoms with Crippen LogP contribution in [0.5, 0.6) is 0 Å². The Morgan fingerprint density at radius 1 is 0.314 bits per heavy atom. The van der Waals surface area contributed by atoms with Crippen LogP contribution in [0.3, 0.4) is 0 Å². The standard InChI is InChI=1S/C64H102O6/c1-4-7-10-13-16-19-22-25-28-31-33-36-39-42-45-48-51-54-57-63(66)69-60-61(59-68-62(65)56-53-50-47-44-41-38-35-30-27-24-21-18-15-12-9-6-3)70-64(67)58-55-52-49-46-43-40-37-34-32-29-26-23-20-17-14-11-8-5-2/h9,12,18,21-23,25-34,36-38,41,47,50,61H,4-8,10-11,13-17,19-20,24,35,39-40,42-46,48-49,51-60H2,1-3H3/b12-9-,21-18-,25-22-,26-23-,30-27-,31-28-,32-29-,36-33-,37-34-,41-38-,50-47-. The predicted molar refractivity (Wildman–Crippen MR) is 302 cm³/mol. The molecule has 0 aliphatic carbocycles. The van der Waals surface area contributed by atoms with Gasteiger partial charge in [-0.3, -0.25) is 14.4 Å². The molecule has 0 aliphatic rings. The molecule has 0 aliphatic heterocycles. The molecule has 0 saturated carbocycles. The molecule has 394 valence electrons. The summed E-state index contributed by atoms with van der Waals surface area (Å²) in [6.45, 7) is 6.38. The SMILES string of the molecule is CC/C=C\C/C=C\C/C=C\C/C=C\C/C=C\CCC(=O)OCC(COC(=O)CCCCCCC\C=C/C=C\C=C/CCCCCCC)OC(=O)CCCCCCC\C=C/C=C\C=C/CCCCCCC. The fraction of sp³-hybridized carbons (Fsp3) is 0.609. The Balaban J connectivity index is 4.60. The highest BCUT2D eigenvalue weighted by atomic mass is 16.6. The van der Waals surface area contributed by atoms with Crippen LogP contribution in [-0.4, -0.2) is 37.2 Å². The van der Waals surface area contributed by atoms with Crippen molar-refractivity contribution in [2.75, 3.05) is 13.2 Å². The molecule has 0 spiro atoms. The molecule has 1 atom stereocenters. The van der Waals surface area contributed by atoms with Gasteiger partial charge in [0.2, 0.25) is 0 Å². The highest BCUT2D eigenvalue weighted by molar-refractivity contribution is 5.71. The maximum absolute atomic E-state index is 12.8. The normalized spacial score (nSPS) is 13.1. The summed E-state index contributed by atoms with van der Waals surface area (Å²) < 4.78 is 16.7. The van der Waals surface area contributed by atoms with E-state index in [0.717, 1.165) is 122 Å². The molecule has 0 heterocycles. The van der Waals surface area contributed by atoms with Crippen LogP contribution in [0.15, 0.2) is 134 Å². The van der Waals surface area contributed by atoms with Crippen LogP contribution in [0.2, 0.25) is 0 Å². The van der Waals surface area contributed by atoms with Crippen molar-refractivity contribution < 1.29 is 28.6 Å². The topological polar surface area (TPSA) is 78.9 Å². The van der Waals surface area contributed by atoms with E-state index in [9.17, 15) is 14.4 Å². The Hall–Kier alpha value is -4.45. The van der Waals surface area contributed by atoms with Crippen LogP contribution >= 0.6 is 0 Å². The van der Waals surface area contributed by atoms with E-state index >= 15 is 0 Å². The van der Waals surface area contributed by atoms with Crippen molar-refractivity contribution >= 4 is 17.9 Å². The summed E-state index contributed by atoms with van der Waals surface area (Å²) in [5.74, 6) is -1.05. The number of carbonyl (C=O) groups excluding carboxylic acids is 3. The van der Waals surface area contributed by atoms with Gasteiger partial charge in [-0.15, -0.1) is 0 Å². The third-order valence-corrected chi connectivity index (χ3v) is 11.5. The molecule has 0 aromatic heterocycles. The summed E-state index contributed by atoms with van der Waals surface area (Å²) in [7, 11) is 0. The first kappa shape index (κ1) is 65.5. The highest BCUT2D eigenvalue weighted by Gasteiger charge is 2.19. The van der Waals surface area contributed by atoms with Gasteiger partial charge in [-0.05, 0) is 103 Å². The molecule has 0 bridgehead atoms. The van der Waals surface area contributed by atoms with Gasteiger partial charge >= 0.3 is 17.9 Å². The molecule has 0 aromatic rings. The largest absolute Gasteiger partial charge is 0.462 e. The van der Waals surface area contributed by atoms with E-state index < -0.39 is 6.10 Å². The maximum Gasteiger partial charge on any atom is 0.306 e. The van der Waals surface area contributed by atoms with Gasteiger partial charge in [-0.2, -0.15) is 0 Å². The van der Waals surface area contributed by atoms with Crippen molar-refractivity contribution in [1.29, 1.82) is 0 Å². The highest BCUT2D eigenvalue weighted by Crippen LogP contribution is 2.13. The molecule has 0 saturated heterocycles. The summed E-state index contributed by atoms with van der Waals surface area (Å²) in [5, 5.41) is 0. The van der Waals surface area contributed by atoms with Gasteiger partial charge in [0.05, 0.1) is 0 Å². The van der Waals surface area contributed by atoms with Crippen molar-refractivity contribution in [2.24, 2.45) is 0 Å². The summed E-state index contributed by atoms with van der Waals surface area (Å²) in [6, 6.07) is 0. The molecule has 0 radical (unpaired) electrons. The number of rotatable bonds is 49. The summed E-state index contributed by atoms with van der Waals surface area (Å²) >= 11 is 0. The molecule has 1 unspecified atom stereocenters. The van der Waals surface area contributed by atoms with E-state index in [2.05, 4.69) is 142 Å². The van der Waals surface area contributed by atoms with Crippen LogP contribution in [-0.2, 0) is 28.6 Å². The van der Waals surface area contributed by atoms with Crippen molar-refractivity contribution in [3.8, 4) is 0 Å². The van der Waals surface area contributed by atoms with Gasteiger partial charge < -0.3 is 14.2 Å². The number of hydrogen-bond acceptors (Lipinski definition) is 6. The zero-order valence-corrected chi connectivity index (χ0v) is 45.0. The van der Waals surface area contributed by atoms with E-state index in [1.807, 2.05) is 12.2 Å². The third-order valence-electron chi connectivity index (χ3n) is 11.5. The fourth-order valence-corrected chi connectivity index (χ4v) is 7.26. The summed E-state index contributed by atoms with van der Waals surface area (Å²) in [5.41, 5.74) is 0. The Bertz CT molecular complexity index is 1530. The van der Waals surface area contributed by atoms with E-state index in [-0.39, 0.29) is 44.0 Å². The fourth-order valence-electron chi connectivity index (χ4n) is 7.26. The molecule has 0 N–H and O–H groups in total. The molecular weight excluding hydrogens is 865 g/mol. The maximum atomic E-state index is 12.8. The Kier molecular flexibility index (Phi) is 53.5. The van der Waals surface area contributed by atoms with Crippen LogP contribution in [0, 0.1) is 0 Å². The Morgan fingerprint density at radius 2 is 0.643 bits per heavy atom. The molecule has 6 heteroatoms. The van der Waals surface area contributed by atoms with E-state index in [0.29, 0.717) is 12.8 Å². The first-order chi connectivity index (χ1) is 34.5. The molecule has 0 aromatic carbocycles. The van der Waals surface area contributed by atoms with Crippen LogP contribution in [0.25, 0.3) is 0 Å². The number of unbranched alkanes of at least 4 members (excludes halogenated alkanes) is 20. The van der Waals surface area contributed by atoms with Crippen molar-refractivity contribution in [2.45, 2.75) is 239 Å². The quantitative estimate of drug-likeness (QED) is 0.0199. The van der Waals surface area contributed by atoms with Crippen molar-refractivity contribution in [3.05, 3.63) is 134 Å². The average molecular weight is 968 g/mol. The molecule has 0 fully saturated rings. The van der Waals surface area contributed by atoms with Crippen molar-refractivity contribution in [1.82, 2.24) is 0 Å². The number of hydrogen-bond donors (Lipinski definition) is 0. The van der Waals surface area contributed by atoms with Gasteiger partial charge in [-0.25, -0.2) is 0 Å². The zero-order valence-electron chi connectivity index (χ0n) is 45.0. The summed E-state index contributed by atoms with van der Waals surface area (Å²) in [4.78, 5) is 38.1. The molecule has 6 nitrogen and oxygen atoms in total. The zero-order chi connectivity index (χ0) is 50.7. The van der Waals surface area contributed by atoms with Gasteiger partial charge in [0, 0.05) is 19.3 Å². The lowest BCUT2D eigenvalue weighted by molar-refractivity contribution is -0.166. The second-order valence-electron chi connectivity index (χ2n) is 18.2. The average Bonchev–Trinajstić information content (AvgIpc) is 3.36. The first-order valence-corrected chi connectivity index (χ1v) is 28.3. The Labute approximate surface area is 430 Å². The minimum atomic E-state index is -0.833. The lowest BCUT2D eigenvalue weighted by Crippen LogP contribution is -2.30. The van der Waals surface area contributed by atoms with Crippen LogP contribution in [0.4, 0.5) is 0 Å². The van der Waals surface area contributed by atoms with Gasteiger partial charge in [-0.1, -0.05) is 244 Å². The second-order valence-corrected chi connectivity index (χ2v) is 18.2. The Morgan fingerprint density at radius 3 is 1.04 bits per heavy atom. The van der Waals surface area contributed by atoms with Gasteiger partial charge in [0.25, 0.3) is 0 Å². The monoisotopic (exact) mass is 967 g/mol. The van der Waals surface area contributed by atoms with Gasteiger partial charge in [0.15, 0.2) is 6.10 Å². The molecule has 70 heavy (non-hydrogen) atoms. The molecule has 0 rings (SSSR count). The van der Waals surface area contributed by atoms with Crippen LogP contribution < -0.4 is 0 Å². The van der Waals surface area contributed by atoms with Gasteiger partial charge in [0.1, 0.15) is 13.2 Å². The minimum Gasteiger partial charge on any atom is -0.462 e. The molecular formula is C64H102O6. The first-order valence-electron chi connectivity index (χ1n) is 28.3. The lowest BCUT2D eigenvalue weighted by atomic mass is 10.1. The smallest absolute Gasteiger partial charge is 0.306 e. The number of allylic oxidation sites excluding steroid dienone is 22. The van der Waals surface area contributed by atoms with E-state index in [4.69, 9.17) is 14.2 Å². The number of ether oxygens (including phenoxy) is 3. The summed E-state index contributed by atoms with van der Waals surface area (Å²) in [6.07, 6.45) is 80.1. The second kappa shape index (κ2) is 57.1. The molecule has 0 amide bonds. The van der Waals surface area contributed by atoms with E-state index in [1.54, 1.807) is 0 Å². The number of esters is 3. The lowest BCUT2D eigenvalue weighted by Gasteiger charge is -2.18.